The van der Waals surface area contributed by atoms with E-state index in [1.54, 1.807) is 0 Å². The van der Waals surface area contributed by atoms with Crippen LogP contribution < -0.4 is 0 Å². The van der Waals surface area contributed by atoms with Crippen LogP contribution in [0.15, 0.2) is 12.2 Å². The van der Waals surface area contributed by atoms with Crippen LogP contribution in [0.5, 0.6) is 0 Å². The second kappa shape index (κ2) is 43.0. The quantitative estimate of drug-likeness (QED) is 0.0212. The standard InChI is InChI=1S/C50H98NO8P/c1-6-8-10-12-14-15-16-17-18-19-20-21-22-23-24-25-26-27-28-29-30-31-32-33-34-35-37-39-41-43-50(53)59-48(47-58-60(54,55)57-45-44-51(3,4)5)46-56-49(52)42-40-38-36-13-11-9-7-2/h19-20,48H,6-18,21-47H2,1-5H3/p+1/b20-19-. The van der Waals surface area contributed by atoms with Gasteiger partial charge in [-0.3, -0.25) is 18.6 Å². The molecule has 0 saturated heterocycles. The molecule has 0 fully saturated rings. The lowest BCUT2D eigenvalue weighted by Gasteiger charge is -2.24. The van der Waals surface area contributed by atoms with Crippen LogP contribution in [0.3, 0.4) is 0 Å². The van der Waals surface area contributed by atoms with Crippen molar-refractivity contribution in [3.63, 3.8) is 0 Å². The average Bonchev–Trinajstić information content (AvgIpc) is 3.20. The van der Waals surface area contributed by atoms with Crippen LogP contribution in [0, 0.1) is 0 Å². The Kier molecular flexibility index (Phi) is 42.1. The molecular formula is C50H99NO8P+. The number of phosphoric acid groups is 1. The van der Waals surface area contributed by atoms with Gasteiger partial charge in [-0.1, -0.05) is 206 Å². The molecule has 0 aliphatic carbocycles. The van der Waals surface area contributed by atoms with Crippen LogP contribution in [0.4, 0.5) is 0 Å². The van der Waals surface area contributed by atoms with E-state index in [4.69, 9.17) is 18.5 Å². The van der Waals surface area contributed by atoms with Crippen molar-refractivity contribution in [2.24, 2.45) is 0 Å². The van der Waals surface area contributed by atoms with Crippen molar-refractivity contribution in [1.29, 1.82) is 0 Å². The number of nitrogens with zero attached hydrogens (tertiary/aromatic N) is 1. The molecule has 10 heteroatoms. The molecule has 0 aromatic rings. The third kappa shape index (κ3) is 46.3. The van der Waals surface area contributed by atoms with Crippen molar-refractivity contribution >= 4 is 19.8 Å². The van der Waals surface area contributed by atoms with Gasteiger partial charge in [0.1, 0.15) is 19.8 Å². The van der Waals surface area contributed by atoms with Gasteiger partial charge >= 0.3 is 19.8 Å². The maximum absolute atomic E-state index is 12.7. The van der Waals surface area contributed by atoms with Crippen molar-refractivity contribution < 1.29 is 42.1 Å². The van der Waals surface area contributed by atoms with Gasteiger partial charge in [-0.05, 0) is 38.5 Å². The molecule has 0 bridgehead atoms. The van der Waals surface area contributed by atoms with Crippen LogP contribution in [-0.2, 0) is 32.7 Å². The number of hydrogen-bond donors (Lipinski definition) is 1. The smallest absolute Gasteiger partial charge is 0.462 e. The maximum atomic E-state index is 12.7. The van der Waals surface area contributed by atoms with Crippen LogP contribution in [-0.4, -0.2) is 74.9 Å². The number of quaternary nitrogens is 1. The molecule has 0 aromatic heterocycles. The minimum atomic E-state index is -4.36. The number of hydrogen-bond acceptors (Lipinski definition) is 7. The first-order valence-corrected chi connectivity index (χ1v) is 26.9. The Hall–Kier alpha value is -1.25. The summed E-state index contributed by atoms with van der Waals surface area (Å²) >= 11 is 0. The first kappa shape index (κ1) is 58.8. The van der Waals surface area contributed by atoms with Crippen LogP contribution in [0.1, 0.15) is 245 Å². The Morgan fingerprint density at radius 2 is 0.850 bits per heavy atom. The van der Waals surface area contributed by atoms with Crippen molar-refractivity contribution in [1.82, 2.24) is 0 Å². The van der Waals surface area contributed by atoms with Gasteiger partial charge in [-0.2, -0.15) is 0 Å². The first-order valence-electron chi connectivity index (χ1n) is 25.4. The van der Waals surface area contributed by atoms with Gasteiger partial charge in [0.2, 0.25) is 0 Å². The summed E-state index contributed by atoms with van der Waals surface area (Å²) in [6.07, 6.45) is 47.4. The van der Waals surface area contributed by atoms with E-state index < -0.39 is 26.5 Å². The number of phosphoric ester groups is 1. The van der Waals surface area contributed by atoms with E-state index >= 15 is 0 Å². The summed E-state index contributed by atoms with van der Waals surface area (Å²) in [5.41, 5.74) is 0. The molecule has 2 atom stereocenters. The molecule has 0 heterocycles. The molecule has 0 saturated carbocycles. The number of allylic oxidation sites excluding steroid dienone is 2. The van der Waals surface area contributed by atoms with Crippen molar-refractivity contribution in [3.05, 3.63) is 12.2 Å². The first-order chi connectivity index (χ1) is 29.0. The number of ether oxygens (including phenoxy) is 2. The third-order valence-corrected chi connectivity index (χ3v) is 12.3. The predicted octanol–water partition coefficient (Wildman–Crippen LogP) is 14.9. The monoisotopic (exact) mass is 873 g/mol. The molecule has 2 unspecified atom stereocenters. The minimum absolute atomic E-state index is 0.0353. The Balaban J connectivity index is 3.95. The minimum Gasteiger partial charge on any atom is -0.462 e. The van der Waals surface area contributed by atoms with Crippen molar-refractivity contribution in [3.8, 4) is 0 Å². The van der Waals surface area contributed by atoms with Crippen molar-refractivity contribution in [2.45, 2.75) is 251 Å². The largest absolute Gasteiger partial charge is 0.472 e. The lowest BCUT2D eigenvalue weighted by Crippen LogP contribution is -2.37. The Labute approximate surface area is 371 Å². The van der Waals surface area contributed by atoms with Gasteiger partial charge in [0.15, 0.2) is 6.10 Å². The van der Waals surface area contributed by atoms with Crippen LogP contribution in [0.25, 0.3) is 0 Å². The molecule has 0 rings (SSSR count). The normalized spacial score (nSPS) is 13.5. The zero-order valence-electron chi connectivity index (χ0n) is 40.2. The molecule has 9 nitrogen and oxygen atoms in total. The van der Waals surface area contributed by atoms with E-state index in [0.29, 0.717) is 23.9 Å². The topological polar surface area (TPSA) is 108 Å². The van der Waals surface area contributed by atoms with E-state index in [9.17, 15) is 19.0 Å². The molecule has 0 aliphatic heterocycles. The fourth-order valence-electron chi connectivity index (χ4n) is 7.31. The van der Waals surface area contributed by atoms with Crippen LogP contribution >= 0.6 is 7.82 Å². The van der Waals surface area contributed by atoms with Gasteiger partial charge in [0, 0.05) is 12.8 Å². The fourth-order valence-corrected chi connectivity index (χ4v) is 8.05. The highest BCUT2D eigenvalue weighted by Gasteiger charge is 2.27. The lowest BCUT2D eigenvalue weighted by molar-refractivity contribution is -0.870. The highest BCUT2D eigenvalue weighted by atomic mass is 31.2. The molecular weight excluding hydrogens is 774 g/mol. The average molecular weight is 873 g/mol. The molecule has 0 spiro atoms. The Morgan fingerprint density at radius 1 is 0.500 bits per heavy atom. The number of carbonyl (C=O) groups excluding carboxylic acids is 2. The van der Waals surface area contributed by atoms with Gasteiger partial charge in [-0.25, -0.2) is 4.57 Å². The number of rotatable bonds is 47. The summed E-state index contributed by atoms with van der Waals surface area (Å²) in [7, 11) is 1.49. The highest BCUT2D eigenvalue weighted by molar-refractivity contribution is 7.47. The molecule has 0 radical (unpaired) electrons. The van der Waals surface area contributed by atoms with E-state index in [1.807, 2.05) is 21.1 Å². The second-order valence-electron chi connectivity index (χ2n) is 18.6. The molecule has 0 amide bonds. The lowest BCUT2D eigenvalue weighted by atomic mass is 10.0. The Bertz CT molecular complexity index is 1030. The van der Waals surface area contributed by atoms with E-state index in [0.717, 1.165) is 32.1 Å². The summed E-state index contributed by atoms with van der Waals surface area (Å²) in [5.74, 6) is -0.793. The molecule has 0 aliphatic rings. The molecule has 356 valence electrons. The summed E-state index contributed by atoms with van der Waals surface area (Å²) in [5, 5.41) is 0. The maximum Gasteiger partial charge on any atom is 0.472 e. The highest BCUT2D eigenvalue weighted by Crippen LogP contribution is 2.43. The SMILES string of the molecule is CCCCCCCCCC/C=C\CCCCCCCCCCCCCCCCCCCC(=O)OC(COC(=O)CCCCCCCCC)COP(=O)(O)OCC[N+](C)(C)C. The van der Waals surface area contributed by atoms with E-state index in [2.05, 4.69) is 26.0 Å². The van der Waals surface area contributed by atoms with Gasteiger partial charge in [0.05, 0.1) is 27.7 Å². The third-order valence-electron chi connectivity index (χ3n) is 11.3. The number of unbranched alkanes of at least 4 members (excludes halogenated alkanes) is 31. The van der Waals surface area contributed by atoms with E-state index in [1.165, 1.54) is 180 Å². The van der Waals surface area contributed by atoms with Crippen LogP contribution in [0.2, 0.25) is 0 Å². The number of likely N-dealkylation sites (N-methyl/N-ethyl adjacent to an activating group) is 1. The molecule has 60 heavy (non-hydrogen) atoms. The predicted molar refractivity (Wildman–Crippen MR) is 252 cm³/mol. The summed E-state index contributed by atoms with van der Waals surface area (Å²) < 4.78 is 34.2. The zero-order chi connectivity index (χ0) is 44.3. The zero-order valence-corrected chi connectivity index (χ0v) is 41.1. The van der Waals surface area contributed by atoms with Gasteiger partial charge < -0.3 is 18.9 Å². The molecule has 1 N–H and O–H groups in total. The number of carbonyl (C=O) groups is 2. The number of esters is 2. The summed E-state index contributed by atoms with van der Waals surface area (Å²) in [4.78, 5) is 35.2. The van der Waals surface area contributed by atoms with Gasteiger partial charge in [-0.15, -0.1) is 0 Å². The fraction of sp³-hybridized carbons (Fsp3) is 0.920. The molecule has 0 aromatic carbocycles. The van der Waals surface area contributed by atoms with E-state index in [-0.39, 0.29) is 25.6 Å². The summed E-state index contributed by atoms with van der Waals surface area (Å²) in [6.45, 7) is 4.41. The Morgan fingerprint density at radius 3 is 1.23 bits per heavy atom. The van der Waals surface area contributed by atoms with Crippen molar-refractivity contribution in [2.75, 3.05) is 47.5 Å². The summed E-state index contributed by atoms with van der Waals surface area (Å²) in [6, 6.07) is 0. The van der Waals surface area contributed by atoms with Gasteiger partial charge in [0.25, 0.3) is 0 Å². The second-order valence-corrected chi connectivity index (χ2v) is 20.0.